The molecule has 17 heavy (non-hydrogen) atoms. The molecule has 84 valence electrons. The molecule has 0 radical (unpaired) electrons. The highest BCUT2D eigenvalue weighted by atomic mass is 79.9. The first-order valence-electron chi connectivity index (χ1n) is 4.98. The van der Waals surface area contributed by atoms with Crippen LogP contribution in [0.3, 0.4) is 0 Å². The predicted octanol–water partition coefficient (Wildman–Crippen LogP) is 4.31. The SMILES string of the molecule is S=c1[nH]c(-c2cc3ccccc3o2)ncc1Br. The smallest absolute Gasteiger partial charge is 0.174 e. The first-order chi connectivity index (χ1) is 8.24. The quantitative estimate of drug-likeness (QED) is 0.681. The minimum atomic E-state index is 0.607. The molecule has 0 saturated carbocycles. The van der Waals surface area contributed by atoms with Crippen LogP contribution in [0.2, 0.25) is 0 Å². The monoisotopic (exact) mass is 306 g/mol. The van der Waals surface area contributed by atoms with Gasteiger partial charge < -0.3 is 9.40 Å². The zero-order valence-corrected chi connectivity index (χ0v) is 11.0. The maximum Gasteiger partial charge on any atom is 0.174 e. The zero-order valence-electron chi connectivity index (χ0n) is 8.61. The number of halogens is 1. The van der Waals surface area contributed by atoms with E-state index in [4.69, 9.17) is 16.6 Å². The molecule has 0 bridgehead atoms. The first-order valence-corrected chi connectivity index (χ1v) is 6.18. The van der Waals surface area contributed by atoms with E-state index in [0.29, 0.717) is 16.2 Å². The lowest BCUT2D eigenvalue weighted by Gasteiger charge is -1.96. The average Bonchev–Trinajstić information content (AvgIpc) is 2.76. The Bertz CT molecular complexity index is 714. The minimum Gasteiger partial charge on any atom is -0.453 e. The number of hydrogen-bond donors (Lipinski definition) is 1. The summed E-state index contributed by atoms with van der Waals surface area (Å²) in [7, 11) is 0. The number of fused-ring (bicyclic) bond motifs is 1. The van der Waals surface area contributed by atoms with Crippen LogP contribution in [0.5, 0.6) is 0 Å². The summed E-state index contributed by atoms with van der Waals surface area (Å²) in [5.74, 6) is 1.32. The lowest BCUT2D eigenvalue weighted by molar-refractivity contribution is 0.625. The molecule has 5 heteroatoms. The molecule has 0 amide bonds. The van der Waals surface area contributed by atoms with Crippen molar-refractivity contribution >= 4 is 39.1 Å². The fraction of sp³-hybridized carbons (Fsp3) is 0. The van der Waals surface area contributed by atoms with Crippen LogP contribution in [0.15, 0.2) is 45.4 Å². The summed E-state index contributed by atoms with van der Waals surface area (Å²) >= 11 is 8.45. The Morgan fingerprint density at radius 1 is 1.29 bits per heavy atom. The number of para-hydroxylation sites is 1. The maximum absolute atomic E-state index is 5.69. The van der Waals surface area contributed by atoms with Gasteiger partial charge in [-0.05, 0) is 28.1 Å². The molecule has 0 spiro atoms. The third-order valence-electron chi connectivity index (χ3n) is 2.41. The number of nitrogens with one attached hydrogen (secondary N) is 1. The average molecular weight is 307 g/mol. The summed E-state index contributed by atoms with van der Waals surface area (Å²) in [5, 5.41) is 1.05. The number of aromatic amines is 1. The second-order valence-electron chi connectivity index (χ2n) is 3.56. The second-order valence-corrected chi connectivity index (χ2v) is 4.82. The van der Waals surface area contributed by atoms with Crippen LogP contribution in [-0.2, 0) is 0 Å². The van der Waals surface area contributed by atoms with Gasteiger partial charge in [0.25, 0.3) is 0 Å². The van der Waals surface area contributed by atoms with E-state index in [0.717, 1.165) is 15.4 Å². The number of furan rings is 1. The van der Waals surface area contributed by atoms with Crippen molar-refractivity contribution in [3.05, 3.63) is 45.6 Å². The number of aromatic nitrogens is 2. The maximum atomic E-state index is 5.69. The highest BCUT2D eigenvalue weighted by Crippen LogP contribution is 2.25. The fourth-order valence-electron chi connectivity index (χ4n) is 1.60. The zero-order chi connectivity index (χ0) is 11.8. The van der Waals surface area contributed by atoms with Crippen LogP contribution in [0, 0.1) is 4.64 Å². The Labute approximate surface area is 111 Å². The molecule has 0 atom stereocenters. The third-order valence-corrected chi connectivity index (χ3v) is 3.60. The van der Waals surface area contributed by atoms with E-state index >= 15 is 0 Å². The van der Waals surface area contributed by atoms with Gasteiger partial charge in [0.15, 0.2) is 11.6 Å². The van der Waals surface area contributed by atoms with E-state index in [-0.39, 0.29) is 0 Å². The Hall–Kier alpha value is -1.46. The van der Waals surface area contributed by atoms with Crippen molar-refractivity contribution in [2.45, 2.75) is 0 Å². The van der Waals surface area contributed by atoms with Gasteiger partial charge in [-0.25, -0.2) is 4.98 Å². The molecule has 3 rings (SSSR count). The Kier molecular flexibility index (Phi) is 2.57. The Balaban J connectivity index is 2.20. The fourth-order valence-corrected chi connectivity index (χ4v) is 1.95. The molecule has 0 aliphatic rings. The number of H-pyrrole nitrogens is 1. The topological polar surface area (TPSA) is 41.8 Å². The predicted molar refractivity (Wildman–Crippen MR) is 72.3 cm³/mol. The van der Waals surface area contributed by atoms with Crippen molar-refractivity contribution in [3.8, 4) is 11.6 Å². The van der Waals surface area contributed by atoms with E-state index in [1.54, 1.807) is 6.20 Å². The van der Waals surface area contributed by atoms with E-state index < -0.39 is 0 Å². The molecule has 0 aliphatic heterocycles. The van der Waals surface area contributed by atoms with Crippen molar-refractivity contribution in [2.75, 3.05) is 0 Å². The highest BCUT2D eigenvalue weighted by molar-refractivity contribution is 9.10. The van der Waals surface area contributed by atoms with Gasteiger partial charge in [-0.3, -0.25) is 0 Å². The van der Waals surface area contributed by atoms with E-state index in [1.807, 2.05) is 30.3 Å². The molecular formula is C12H7BrN2OS. The summed E-state index contributed by atoms with van der Waals surface area (Å²) in [6, 6.07) is 9.77. The van der Waals surface area contributed by atoms with E-state index in [2.05, 4.69) is 25.9 Å². The normalized spacial score (nSPS) is 10.9. The van der Waals surface area contributed by atoms with Gasteiger partial charge in [-0.2, -0.15) is 0 Å². The number of nitrogens with zero attached hydrogens (tertiary/aromatic N) is 1. The van der Waals surface area contributed by atoms with Crippen LogP contribution in [0.4, 0.5) is 0 Å². The molecule has 0 saturated heterocycles. The molecule has 2 aromatic heterocycles. The number of benzene rings is 1. The van der Waals surface area contributed by atoms with Crippen molar-refractivity contribution in [1.29, 1.82) is 0 Å². The molecular weight excluding hydrogens is 300 g/mol. The van der Waals surface area contributed by atoms with Gasteiger partial charge in [0.05, 0.1) is 4.47 Å². The molecule has 2 heterocycles. The van der Waals surface area contributed by atoms with Gasteiger partial charge in [-0.1, -0.05) is 30.4 Å². The van der Waals surface area contributed by atoms with Crippen LogP contribution in [0.1, 0.15) is 0 Å². The molecule has 1 aromatic carbocycles. The first kappa shape index (κ1) is 10.7. The van der Waals surface area contributed by atoms with Crippen LogP contribution in [0.25, 0.3) is 22.6 Å². The van der Waals surface area contributed by atoms with Crippen molar-refractivity contribution < 1.29 is 4.42 Å². The van der Waals surface area contributed by atoms with Crippen LogP contribution in [-0.4, -0.2) is 9.97 Å². The molecule has 0 unspecified atom stereocenters. The molecule has 1 N–H and O–H groups in total. The largest absolute Gasteiger partial charge is 0.453 e. The molecule has 0 fully saturated rings. The van der Waals surface area contributed by atoms with Crippen molar-refractivity contribution in [1.82, 2.24) is 9.97 Å². The number of hydrogen-bond acceptors (Lipinski definition) is 3. The van der Waals surface area contributed by atoms with Gasteiger partial charge in [0.2, 0.25) is 0 Å². The molecule has 0 aliphatic carbocycles. The standard InChI is InChI=1S/C12H7BrN2OS/c13-8-6-14-11(15-12(8)17)10-5-7-3-1-2-4-9(7)16-10/h1-6H,(H,14,15,17). The van der Waals surface area contributed by atoms with Crippen molar-refractivity contribution in [3.63, 3.8) is 0 Å². The lowest BCUT2D eigenvalue weighted by Crippen LogP contribution is -1.87. The lowest BCUT2D eigenvalue weighted by atomic mass is 10.2. The third kappa shape index (κ3) is 1.92. The van der Waals surface area contributed by atoms with Crippen LogP contribution < -0.4 is 0 Å². The summed E-state index contributed by atoms with van der Waals surface area (Å²) in [6.45, 7) is 0. The molecule has 3 aromatic rings. The summed E-state index contributed by atoms with van der Waals surface area (Å²) in [6.07, 6.45) is 1.67. The van der Waals surface area contributed by atoms with Crippen LogP contribution >= 0.6 is 28.1 Å². The van der Waals surface area contributed by atoms with Gasteiger partial charge in [-0.15, -0.1) is 0 Å². The van der Waals surface area contributed by atoms with E-state index in [9.17, 15) is 0 Å². The Morgan fingerprint density at radius 3 is 2.88 bits per heavy atom. The highest BCUT2D eigenvalue weighted by Gasteiger charge is 2.07. The van der Waals surface area contributed by atoms with Gasteiger partial charge in [0.1, 0.15) is 10.2 Å². The summed E-state index contributed by atoms with van der Waals surface area (Å²) in [5.41, 5.74) is 0.839. The molecule has 3 nitrogen and oxygen atoms in total. The Morgan fingerprint density at radius 2 is 2.12 bits per heavy atom. The summed E-state index contributed by atoms with van der Waals surface area (Å²) < 4.78 is 7.07. The van der Waals surface area contributed by atoms with Gasteiger partial charge in [0, 0.05) is 11.6 Å². The van der Waals surface area contributed by atoms with E-state index in [1.165, 1.54) is 0 Å². The van der Waals surface area contributed by atoms with Crippen molar-refractivity contribution in [2.24, 2.45) is 0 Å². The summed E-state index contributed by atoms with van der Waals surface area (Å²) in [4.78, 5) is 7.26. The minimum absolute atomic E-state index is 0.607. The second kappa shape index (κ2) is 4.09. The number of rotatable bonds is 1. The van der Waals surface area contributed by atoms with Gasteiger partial charge >= 0.3 is 0 Å².